The van der Waals surface area contributed by atoms with Crippen molar-refractivity contribution in [1.82, 2.24) is 0 Å². The van der Waals surface area contributed by atoms with Crippen LogP contribution in [0.5, 0.6) is 0 Å². The minimum absolute atomic E-state index is 0.218. The van der Waals surface area contributed by atoms with Gasteiger partial charge in [0, 0.05) is 0 Å². The van der Waals surface area contributed by atoms with Crippen molar-refractivity contribution < 1.29 is 14.6 Å². The first-order valence-electron chi connectivity index (χ1n) is 3.35. The normalized spacial score (nSPS) is 38.6. The third-order valence-corrected chi connectivity index (χ3v) is 1.81. The first-order chi connectivity index (χ1) is 4.45. The van der Waals surface area contributed by atoms with Gasteiger partial charge in [0.15, 0.2) is 5.78 Å². The summed E-state index contributed by atoms with van der Waals surface area (Å²) in [5.74, 6) is -0.218. The molecule has 3 nitrogen and oxygen atoms in total. The first kappa shape index (κ1) is 7.69. The molecule has 1 rings (SSSR count). The number of carbonyl (C=O) groups excluding carboxylic acids is 1. The van der Waals surface area contributed by atoms with Crippen LogP contribution in [0.25, 0.3) is 0 Å². The summed E-state index contributed by atoms with van der Waals surface area (Å²) in [6.07, 6.45) is -1.41. The predicted octanol–water partition coefficient (Wildman–Crippen LogP) is 0.114. The van der Waals surface area contributed by atoms with Gasteiger partial charge in [0.1, 0.15) is 12.2 Å². The van der Waals surface area contributed by atoms with E-state index in [2.05, 4.69) is 0 Å². The number of aliphatic hydroxyl groups is 1. The Kier molecular flexibility index (Phi) is 1.57. The fraction of sp³-hybridized carbons (Fsp3) is 0.857. The molecule has 0 saturated carbocycles. The van der Waals surface area contributed by atoms with Gasteiger partial charge >= 0.3 is 0 Å². The zero-order valence-electron chi connectivity index (χ0n) is 6.42. The van der Waals surface area contributed by atoms with E-state index >= 15 is 0 Å². The summed E-state index contributed by atoms with van der Waals surface area (Å²) in [7, 11) is 0. The van der Waals surface area contributed by atoms with Crippen molar-refractivity contribution in [2.24, 2.45) is 0 Å². The minimum Gasteiger partial charge on any atom is -0.382 e. The second kappa shape index (κ2) is 2.04. The van der Waals surface area contributed by atoms with Gasteiger partial charge in [-0.2, -0.15) is 0 Å². The van der Waals surface area contributed by atoms with Crippen molar-refractivity contribution in [3.63, 3.8) is 0 Å². The molecule has 0 aromatic carbocycles. The maximum Gasteiger partial charge on any atom is 0.192 e. The van der Waals surface area contributed by atoms with E-state index in [1.54, 1.807) is 20.8 Å². The van der Waals surface area contributed by atoms with Gasteiger partial charge in [0.25, 0.3) is 0 Å². The van der Waals surface area contributed by atoms with E-state index in [4.69, 9.17) is 4.74 Å². The van der Waals surface area contributed by atoms with E-state index in [1.807, 2.05) is 0 Å². The van der Waals surface area contributed by atoms with Crippen LogP contribution in [0, 0.1) is 0 Å². The van der Waals surface area contributed by atoms with E-state index < -0.39 is 17.8 Å². The summed E-state index contributed by atoms with van der Waals surface area (Å²) >= 11 is 0. The minimum atomic E-state index is -0.956. The second-order valence-corrected chi connectivity index (χ2v) is 3.17. The average molecular weight is 144 g/mol. The van der Waals surface area contributed by atoms with Gasteiger partial charge in [-0.15, -0.1) is 0 Å². The zero-order valence-corrected chi connectivity index (χ0v) is 6.42. The van der Waals surface area contributed by atoms with E-state index in [0.717, 1.165) is 0 Å². The lowest BCUT2D eigenvalue weighted by atomic mass is 10.0. The molecule has 1 fully saturated rings. The monoisotopic (exact) mass is 144 g/mol. The molecular formula is C7H12O3. The molecule has 2 atom stereocenters. The number of ether oxygens (including phenoxy) is 1. The number of ketones is 1. The van der Waals surface area contributed by atoms with Crippen LogP contribution in [0.1, 0.15) is 20.8 Å². The molecular weight excluding hydrogens is 132 g/mol. The molecule has 0 aliphatic carbocycles. The van der Waals surface area contributed by atoms with Crippen molar-refractivity contribution in [3.8, 4) is 0 Å². The lowest BCUT2D eigenvalue weighted by Crippen LogP contribution is -2.35. The van der Waals surface area contributed by atoms with E-state index in [-0.39, 0.29) is 5.78 Å². The van der Waals surface area contributed by atoms with Gasteiger partial charge in [-0.25, -0.2) is 0 Å². The summed E-state index contributed by atoms with van der Waals surface area (Å²) in [6.45, 7) is 5.07. The highest BCUT2D eigenvalue weighted by Gasteiger charge is 2.45. The predicted molar refractivity (Wildman–Crippen MR) is 35.6 cm³/mol. The van der Waals surface area contributed by atoms with Crippen LogP contribution in [0.2, 0.25) is 0 Å². The number of carbonyl (C=O) groups is 1. The molecule has 1 aliphatic heterocycles. The lowest BCUT2D eigenvalue weighted by Gasteiger charge is -2.19. The number of hydrogen-bond donors (Lipinski definition) is 1. The maximum atomic E-state index is 10.9. The molecule has 2 unspecified atom stereocenters. The van der Waals surface area contributed by atoms with Crippen molar-refractivity contribution in [3.05, 3.63) is 0 Å². The standard InChI is InChI=1S/C7H12O3/c1-4-5(8)6(9)7(2,3)10-4/h4,6,9H,1-3H3. The van der Waals surface area contributed by atoms with E-state index in [9.17, 15) is 9.90 Å². The van der Waals surface area contributed by atoms with Crippen molar-refractivity contribution in [1.29, 1.82) is 0 Å². The number of rotatable bonds is 0. The zero-order chi connectivity index (χ0) is 7.94. The second-order valence-electron chi connectivity index (χ2n) is 3.17. The van der Waals surface area contributed by atoms with Crippen LogP contribution in [0.3, 0.4) is 0 Å². The SMILES string of the molecule is CC1OC(C)(C)C(O)C1=O. The number of Topliss-reactive ketones (excluding diaryl/α,β-unsaturated/α-hetero) is 1. The van der Waals surface area contributed by atoms with Crippen LogP contribution >= 0.6 is 0 Å². The Morgan fingerprint density at radius 1 is 1.60 bits per heavy atom. The highest BCUT2D eigenvalue weighted by Crippen LogP contribution is 2.26. The van der Waals surface area contributed by atoms with Crippen molar-refractivity contribution in [2.45, 2.75) is 38.6 Å². The summed E-state index contributed by atoms with van der Waals surface area (Å²) in [5.41, 5.74) is -0.698. The molecule has 0 spiro atoms. The largest absolute Gasteiger partial charge is 0.382 e. The highest BCUT2D eigenvalue weighted by molar-refractivity contribution is 5.89. The van der Waals surface area contributed by atoms with Gasteiger partial charge in [-0.1, -0.05) is 0 Å². The Bertz CT molecular complexity index is 162. The Morgan fingerprint density at radius 2 is 2.10 bits per heavy atom. The molecule has 0 bridgehead atoms. The van der Waals surface area contributed by atoms with Gasteiger partial charge in [-0.05, 0) is 20.8 Å². The molecule has 10 heavy (non-hydrogen) atoms. The maximum absolute atomic E-state index is 10.9. The topological polar surface area (TPSA) is 46.5 Å². The Hall–Kier alpha value is -0.410. The number of aliphatic hydroxyl groups excluding tert-OH is 1. The molecule has 0 aromatic heterocycles. The summed E-state index contributed by atoms with van der Waals surface area (Å²) in [4.78, 5) is 10.9. The van der Waals surface area contributed by atoms with Gasteiger partial charge in [0.05, 0.1) is 5.60 Å². The lowest BCUT2D eigenvalue weighted by molar-refractivity contribution is -0.126. The van der Waals surface area contributed by atoms with E-state index in [0.29, 0.717) is 0 Å². The molecule has 0 radical (unpaired) electrons. The summed E-state index contributed by atoms with van der Waals surface area (Å²) in [5, 5.41) is 9.22. The van der Waals surface area contributed by atoms with Gasteiger partial charge in [0.2, 0.25) is 0 Å². The highest BCUT2D eigenvalue weighted by atomic mass is 16.5. The summed E-state index contributed by atoms with van der Waals surface area (Å²) < 4.78 is 5.17. The van der Waals surface area contributed by atoms with Crippen molar-refractivity contribution in [2.75, 3.05) is 0 Å². The molecule has 0 amide bonds. The van der Waals surface area contributed by atoms with Crippen LogP contribution in [0.4, 0.5) is 0 Å². The average Bonchev–Trinajstić information content (AvgIpc) is 1.95. The Labute approximate surface area is 60.0 Å². The summed E-state index contributed by atoms with van der Waals surface area (Å²) in [6, 6.07) is 0. The third-order valence-electron chi connectivity index (χ3n) is 1.81. The van der Waals surface area contributed by atoms with Crippen molar-refractivity contribution >= 4 is 5.78 Å². The fourth-order valence-corrected chi connectivity index (χ4v) is 1.14. The smallest absolute Gasteiger partial charge is 0.192 e. The van der Waals surface area contributed by atoms with E-state index in [1.165, 1.54) is 0 Å². The van der Waals surface area contributed by atoms with Crippen LogP contribution in [-0.4, -0.2) is 28.7 Å². The quantitative estimate of drug-likeness (QED) is 0.525. The first-order valence-corrected chi connectivity index (χ1v) is 3.35. The van der Waals surface area contributed by atoms with Crippen LogP contribution in [-0.2, 0) is 9.53 Å². The molecule has 1 heterocycles. The molecule has 3 heteroatoms. The Morgan fingerprint density at radius 3 is 2.20 bits per heavy atom. The molecule has 58 valence electrons. The molecule has 0 aromatic rings. The molecule has 1 aliphatic rings. The van der Waals surface area contributed by atoms with Gasteiger partial charge in [-0.3, -0.25) is 4.79 Å². The molecule has 1 N–H and O–H groups in total. The van der Waals surface area contributed by atoms with Crippen LogP contribution < -0.4 is 0 Å². The molecule has 1 saturated heterocycles. The van der Waals surface area contributed by atoms with Crippen LogP contribution in [0.15, 0.2) is 0 Å². The third kappa shape index (κ3) is 0.954. The number of hydrogen-bond acceptors (Lipinski definition) is 3. The fourth-order valence-electron chi connectivity index (χ4n) is 1.14. The Balaban J connectivity index is 2.81. The van der Waals surface area contributed by atoms with Gasteiger partial charge < -0.3 is 9.84 Å².